The third-order valence-electron chi connectivity index (χ3n) is 2.96. The summed E-state index contributed by atoms with van der Waals surface area (Å²) in [5.41, 5.74) is 0. The van der Waals surface area contributed by atoms with Crippen LogP contribution in [0, 0.1) is 12.8 Å². The number of nitrogens with one attached hydrogen (secondary N) is 1. The Labute approximate surface area is 93.9 Å². The van der Waals surface area contributed by atoms with Crippen molar-refractivity contribution in [2.45, 2.75) is 32.2 Å². The molecule has 2 unspecified atom stereocenters. The summed E-state index contributed by atoms with van der Waals surface area (Å²) in [4.78, 5) is 14.7. The number of hydrogen-bond acceptors (Lipinski definition) is 4. The van der Waals surface area contributed by atoms with Crippen molar-refractivity contribution < 1.29 is 14.3 Å². The molecular weight excluding hydrogens is 208 g/mol. The maximum Gasteiger partial charge on any atom is 0.303 e. The van der Waals surface area contributed by atoms with Crippen molar-refractivity contribution in [3.63, 3.8) is 0 Å². The molecule has 2 heterocycles. The Bertz CT molecular complexity index is 375. The van der Waals surface area contributed by atoms with E-state index in [2.05, 4.69) is 10.3 Å². The van der Waals surface area contributed by atoms with Crippen molar-refractivity contribution >= 4 is 5.97 Å². The van der Waals surface area contributed by atoms with Crippen LogP contribution in [0.15, 0.2) is 10.6 Å². The van der Waals surface area contributed by atoms with Crippen molar-refractivity contribution in [2.75, 3.05) is 6.54 Å². The van der Waals surface area contributed by atoms with Crippen LogP contribution in [0.4, 0.5) is 0 Å². The third kappa shape index (κ3) is 2.61. The number of hydrogen-bond donors (Lipinski definition) is 2. The zero-order valence-electron chi connectivity index (χ0n) is 9.27. The normalized spacial score (nSPS) is 25.6. The zero-order chi connectivity index (χ0) is 11.5. The molecular formula is C11H16N2O3. The summed E-state index contributed by atoms with van der Waals surface area (Å²) in [6.07, 6.45) is 3.68. The summed E-state index contributed by atoms with van der Waals surface area (Å²) in [6, 6.07) is 0.110. The van der Waals surface area contributed by atoms with Crippen molar-refractivity contribution in [3.05, 3.63) is 17.8 Å². The molecule has 2 rings (SSSR count). The van der Waals surface area contributed by atoms with Crippen LogP contribution in [0.5, 0.6) is 0 Å². The quantitative estimate of drug-likeness (QED) is 0.813. The molecule has 88 valence electrons. The Morgan fingerprint density at radius 2 is 2.56 bits per heavy atom. The molecule has 5 nitrogen and oxygen atoms in total. The highest BCUT2D eigenvalue weighted by Gasteiger charge is 2.26. The second-order valence-electron chi connectivity index (χ2n) is 4.28. The Hall–Kier alpha value is -1.36. The van der Waals surface area contributed by atoms with Gasteiger partial charge in [0.25, 0.3) is 0 Å². The molecule has 0 spiro atoms. The highest BCUT2D eigenvalue weighted by atomic mass is 16.4. The Balaban J connectivity index is 1.99. The summed E-state index contributed by atoms with van der Waals surface area (Å²) >= 11 is 0. The van der Waals surface area contributed by atoms with Crippen LogP contribution >= 0.6 is 0 Å². The van der Waals surface area contributed by atoms with E-state index < -0.39 is 5.97 Å². The Kier molecular flexibility index (Phi) is 3.24. The number of carboxylic acids is 1. The van der Waals surface area contributed by atoms with Gasteiger partial charge in [-0.05, 0) is 25.3 Å². The van der Waals surface area contributed by atoms with E-state index in [0.717, 1.165) is 25.1 Å². The number of carboxylic acid groups (broad SMARTS) is 1. The second kappa shape index (κ2) is 4.65. The van der Waals surface area contributed by atoms with E-state index >= 15 is 0 Å². The molecule has 16 heavy (non-hydrogen) atoms. The van der Waals surface area contributed by atoms with E-state index in [-0.39, 0.29) is 18.4 Å². The molecule has 0 amide bonds. The van der Waals surface area contributed by atoms with Gasteiger partial charge in [0.1, 0.15) is 5.76 Å². The van der Waals surface area contributed by atoms with Crippen molar-refractivity contribution in [1.82, 2.24) is 10.3 Å². The number of aromatic nitrogens is 1. The summed E-state index contributed by atoms with van der Waals surface area (Å²) in [7, 11) is 0. The lowest BCUT2D eigenvalue weighted by molar-refractivity contribution is -0.138. The standard InChI is InChI=1S/C11H16N2O3/c1-7-13-6-10(16-7)9-4-8(2-3-12-9)5-11(14)15/h6,8-9,12H,2-5H2,1H3,(H,14,15). The molecule has 1 aliphatic rings. The number of piperidine rings is 1. The first-order valence-electron chi connectivity index (χ1n) is 5.52. The summed E-state index contributed by atoms with van der Waals surface area (Å²) in [5.74, 6) is 0.971. The van der Waals surface area contributed by atoms with Gasteiger partial charge >= 0.3 is 5.97 Å². The van der Waals surface area contributed by atoms with Gasteiger partial charge in [0, 0.05) is 13.3 Å². The number of nitrogens with zero attached hydrogens (tertiary/aromatic N) is 1. The van der Waals surface area contributed by atoms with Gasteiger partial charge in [0.05, 0.1) is 12.2 Å². The van der Waals surface area contributed by atoms with E-state index in [1.165, 1.54) is 0 Å². The molecule has 0 bridgehead atoms. The zero-order valence-corrected chi connectivity index (χ0v) is 9.27. The van der Waals surface area contributed by atoms with Gasteiger partial charge in [0.2, 0.25) is 0 Å². The first kappa shape index (κ1) is 11.1. The predicted molar refractivity (Wildman–Crippen MR) is 57.0 cm³/mol. The Morgan fingerprint density at radius 3 is 3.19 bits per heavy atom. The number of aliphatic carboxylic acids is 1. The average Bonchev–Trinajstić information content (AvgIpc) is 2.64. The summed E-state index contributed by atoms with van der Waals surface area (Å²) < 4.78 is 5.46. The van der Waals surface area contributed by atoms with E-state index in [1.807, 2.05) is 0 Å². The van der Waals surface area contributed by atoms with Crippen LogP contribution in [0.3, 0.4) is 0 Å². The molecule has 2 N–H and O–H groups in total. The molecule has 1 aromatic heterocycles. The number of oxazole rings is 1. The molecule has 1 aromatic rings. The van der Waals surface area contributed by atoms with Gasteiger partial charge in [0.15, 0.2) is 5.89 Å². The Morgan fingerprint density at radius 1 is 1.75 bits per heavy atom. The minimum Gasteiger partial charge on any atom is -0.481 e. The topological polar surface area (TPSA) is 75.4 Å². The monoisotopic (exact) mass is 224 g/mol. The van der Waals surface area contributed by atoms with E-state index in [1.54, 1.807) is 13.1 Å². The second-order valence-corrected chi connectivity index (χ2v) is 4.28. The van der Waals surface area contributed by atoms with Gasteiger partial charge in [-0.25, -0.2) is 4.98 Å². The van der Waals surface area contributed by atoms with Crippen molar-refractivity contribution in [2.24, 2.45) is 5.92 Å². The van der Waals surface area contributed by atoms with Gasteiger partial charge in [-0.15, -0.1) is 0 Å². The summed E-state index contributed by atoms with van der Waals surface area (Å²) in [6.45, 7) is 2.64. The minimum absolute atomic E-state index is 0.110. The molecule has 0 saturated carbocycles. The predicted octanol–water partition coefficient (Wildman–Crippen LogP) is 1.50. The molecule has 5 heteroatoms. The largest absolute Gasteiger partial charge is 0.481 e. The fourth-order valence-electron chi connectivity index (χ4n) is 2.18. The van der Waals surface area contributed by atoms with E-state index in [0.29, 0.717) is 5.89 Å². The van der Waals surface area contributed by atoms with Gasteiger partial charge < -0.3 is 14.8 Å². The van der Waals surface area contributed by atoms with Crippen LogP contribution in [0.2, 0.25) is 0 Å². The summed E-state index contributed by atoms with van der Waals surface area (Å²) in [5, 5.41) is 12.1. The maximum atomic E-state index is 10.7. The van der Waals surface area contributed by atoms with Crippen LogP contribution in [-0.4, -0.2) is 22.6 Å². The van der Waals surface area contributed by atoms with E-state index in [4.69, 9.17) is 9.52 Å². The van der Waals surface area contributed by atoms with Gasteiger partial charge in [-0.1, -0.05) is 0 Å². The van der Waals surface area contributed by atoms with Crippen molar-refractivity contribution in [1.29, 1.82) is 0 Å². The maximum absolute atomic E-state index is 10.7. The third-order valence-corrected chi connectivity index (χ3v) is 2.96. The molecule has 1 aliphatic heterocycles. The molecule has 2 atom stereocenters. The van der Waals surface area contributed by atoms with Crippen LogP contribution in [0.1, 0.15) is 37.0 Å². The number of aryl methyl sites for hydroxylation is 1. The van der Waals surface area contributed by atoms with Crippen LogP contribution in [-0.2, 0) is 4.79 Å². The molecule has 1 fully saturated rings. The number of carbonyl (C=O) groups is 1. The first-order chi connectivity index (χ1) is 7.65. The van der Waals surface area contributed by atoms with Gasteiger partial charge in [-0.3, -0.25) is 4.79 Å². The first-order valence-corrected chi connectivity index (χ1v) is 5.52. The molecule has 0 radical (unpaired) electrons. The molecule has 1 saturated heterocycles. The lowest BCUT2D eigenvalue weighted by Gasteiger charge is -2.27. The van der Waals surface area contributed by atoms with Gasteiger partial charge in [-0.2, -0.15) is 0 Å². The highest BCUT2D eigenvalue weighted by molar-refractivity contribution is 5.67. The van der Waals surface area contributed by atoms with Crippen LogP contribution < -0.4 is 5.32 Å². The molecule has 0 aromatic carbocycles. The lowest BCUT2D eigenvalue weighted by Crippen LogP contribution is -2.32. The SMILES string of the molecule is Cc1ncc(C2CC(CC(=O)O)CCN2)o1. The minimum atomic E-state index is -0.723. The molecule has 0 aliphatic carbocycles. The fourth-order valence-corrected chi connectivity index (χ4v) is 2.18. The van der Waals surface area contributed by atoms with Crippen molar-refractivity contribution in [3.8, 4) is 0 Å². The number of rotatable bonds is 3. The fraction of sp³-hybridized carbons (Fsp3) is 0.636. The van der Waals surface area contributed by atoms with Crippen LogP contribution in [0.25, 0.3) is 0 Å². The lowest BCUT2D eigenvalue weighted by atomic mass is 9.89. The smallest absolute Gasteiger partial charge is 0.303 e. The van der Waals surface area contributed by atoms with E-state index in [9.17, 15) is 4.79 Å². The average molecular weight is 224 g/mol. The highest BCUT2D eigenvalue weighted by Crippen LogP contribution is 2.29.